The second-order valence-electron chi connectivity index (χ2n) is 0.725. The van der Waals surface area contributed by atoms with Crippen LogP contribution in [0, 0.1) is 0 Å². The van der Waals surface area contributed by atoms with Crippen LogP contribution in [0.5, 0.6) is 0 Å². The van der Waals surface area contributed by atoms with Crippen LogP contribution in [0.3, 0.4) is 0 Å². The third kappa shape index (κ3) is 7.74. The lowest BCUT2D eigenvalue weighted by molar-refractivity contribution is -0.0398. The van der Waals surface area contributed by atoms with E-state index in [0.717, 1.165) is 0 Å². The molecule has 0 aromatic rings. The number of hydrogen-bond acceptors (Lipinski definition) is 2. The van der Waals surface area contributed by atoms with Gasteiger partial charge in [0.25, 0.3) is 0 Å². The minimum atomic E-state index is -5.05. The largest absolute Gasteiger partial charge is 0.494 e. The first-order valence-corrected chi connectivity index (χ1v) is 3.33. The van der Waals surface area contributed by atoms with Crippen LogP contribution >= 0.6 is 0 Å². The Morgan fingerprint density at radius 3 is 1.22 bits per heavy atom. The summed E-state index contributed by atoms with van der Waals surface area (Å²) in [5.41, 5.74) is -5.05. The van der Waals surface area contributed by atoms with Gasteiger partial charge in [0.05, 0.1) is 0 Å². The maximum absolute atomic E-state index is 10.6. The highest BCUT2D eigenvalue weighted by Gasteiger charge is 2.31. The van der Waals surface area contributed by atoms with Crippen molar-refractivity contribution < 1.29 is 21.6 Å². The summed E-state index contributed by atoms with van der Waals surface area (Å²) in [6.45, 7) is 4.00. The molecule has 6 heteroatoms. The van der Waals surface area contributed by atoms with Crippen LogP contribution < -0.4 is 0 Å². The molecule has 0 spiro atoms. The summed E-state index contributed by atoms with van der Waals surface area (Å²) < 4.78 is 49.6. The molecule has 0 aromatic heterocycles. The van der Waals surface area contributed by atoms with Crippen molar-refractivity contribution >= 4 is 10.7 Å². The summed E-state index contributed by atoms with van der Waals surface area (Å²) in [5, 5.41) is 0. The molecule has 0 aromatic carbocycles. The van der Waals surface area contributed by atoms with Gasteiger partial charge in [0, 0.05) is 0 Å². The van der Waals surface area contributed by atoms with E-state index in [9.17, 15) is 13.2 Å². The standard InChI is InChI=1S/C2H6.CHF3O2S/c1-2;2-1(3,4)7(5)6/h1-2H3;7H. The molecular weight excluding hydrogens is 157 g/mol. The normalized spacial score (nSPS) is 10.4. The summed E-state index contributed by atoms with van der Waals surface area (Å²) in [7, 11) is -4.24. The van der Waals surface area contributed by atoms with Gasteiger partial charge in [-0.2, -0.15) is 13.2 Å². The topological polar surface area (TPSA) is 34.1 Å². The summed E-state index contributed by atoms with van der Waals surface area (Å²) in [5.74, 6) is 0. The summed E-state index contributed by atoms with van der Waals surface area (Å²) in [6.07, 6.45) is 0. The van der Waals surface area contributed by atoms with Gasteiger partial charge in [0.1, 0.15) is 0 Å². The summed E-state index contributed by atoms with van der Waals surface area (Å²) >= 11 is 0. The van der Waals surface area contributed by atoms with Gasteiger partial charge in [-0.3, -0.25) is 0 Å². The third-order valence-electron chi connectivity index (χ3n) is 0.207. The Labute approximate surface area is 52.6 Å². The molecule has 0 rings (SSSR count). The van der Waals surface area contributed by atoms with Crippen molar-refractivity contribution in [1.29, 1.82) is 0 Å². The second-order valence-corrected chi connectivity index (χ2v) is 1.75. The van der Waals surface area contributed by atoms with Crippen LogP contribution in [-0.4, -0.2) is 13.9 Å². The van der Waals surface area contributed by atoms with Crippen LogP contribution in [0.25, 0.3) is 0 Å². The molecule has 0 heterocycles. The minimum Gasteiger partial charge on any atom is -0.223 e. The number of halogens is 3. The van der Waals surface area contributed by atoms with Crippen LogP contribution in [0.15, 0.2) is 0 Å². The molecule has 9 heavy (non-hydrogen) atoms. The monoisotopic (exact) mass is 164 g/mol. The minimum absolute atomic E-state index is 2.00. The van der Waals surface area contributed by atoms with Crippen LogP contribution in [0.2, 0.25) is 0 Å². The van der Waals surface area contributed by atoms with Gasteiger partial charge in [0.2, 0.25) is 10.7 Å². The lowest BCUT2D eigenvalue weighted by Crippen LogP contribution is -2.07. The van der Waals surface area contributed by atoms with E-state index < -0.39 is 16.2 Å². The quantitative estimate of drug-likeness (QED) is 0.545. The van der Waals surface area contributed by atoms with Crippen molar-refractivity contribution in [3.63, 3.8) is 0 Å². The Morgan fingerprint density at radius 1 is 1.11 bits per heavy atom. The maximum atomic E-state index is 10.6. The van der Waals surface area contributed by atoms with E-state index in [1.807, 2.05) is 13.8 Å². The van der Waals surface area contributed by atoms with E-state index in [1.54, 1.807) is 0 Å². The first-order valence-electron chi connectivity index (χ1n) is 2.16. The van der Waals surface area contributed by atoms with Crippen molar-refractivity contribution in [2.24, 2.45) is 0 Å². The van der Waals surface area contributed by atoms with Gasteiger partial charge < -0.3 is 0 Å². The molecule has 58 valence electrons. The zero-order chi connectivity index (χ0) is 8.08. The molecule has 0 saturated heterocycles. The number of thiol groups is 1. The van der Waals surface area contributed by atoms with Crippen molar-refractivity contribution in [2.45, 2.75) is 19.4 Å². The molecule has 0 unspecified atom stereocenters. The fourth-order valence-electron chi connectivity index (χ4n) is 0. The van der Waals surface area contributed by atoms with Crippen molar-refractivity contribution in [2.75, 3.05) is 0 Å². The molecular formula is C3H7F3O2S. The molecule has 0 fully saturated rings. The Morgan fingerprint density at radius 2 is 1.22 bits per heavy atom. The van der Waals surface area contributed by atoms with Crippen LogP contribution in [0.4, 0.5) is 13.2 Å². The molecule has 0 bridgehead atoms. The molecule has 0 amide bonds. The predicted octanol–water partition coefficient (Wildman–Crippen LogP) is 1.14. The zero-order valence-corrected chi connectivity index (χ0v) is 5.79. The highest BCUT2D eigenvalue weighted by atomic mass is 32.2. The smallest absolute Gasteiger partial charge is 0.223 e. The lowest BCUT2D eigenvalue weighted by atomic mass is 11.0. The van der Waals surface area contributed by atoms with Crippen molar-refractivity contribution in [3.8, 4) is 0 Å². The molecule has 0 atom stereocenters. The third-order valence-corrected chi connectivity index (χ3v) is 0.621. The van der Waals surface area contributed by atoms with E-state index >= 15 is 0 Å². The van der Waals surface area contributed by atoms with E-state index in [-0.39, 0.29) is 0 Å². The molecule has 0 aliphatic rings. The number of hydrogen-bond donors (Lipinski definition) is 1. The van der Waals surface area contributed by atoms with Crippen molar-refractivity contribution in [1.82, 2.24) is 0 Å². The van der Waals surface area contributed by atoms with E-state index in [4.69, 9.17) is 8.42 Å². The van der Waals surface area contributed by atoms with E-state index in [1.165, 1.54) is 0 Å². The first-order chi connectivity index (χ1) is 3.94. The Balaban J connectivity index is 0. The Bertz CT molecular complexity index is 118. The Hall–Kier alpha value is -0.260. The van der Waals surface area contributed by atoms with Crippen molar-refractivity contribution in [3.05, 3.63) is 0 Å². The lowest BCUT2D eigenvalue weighted by Gasteiger charge is -1.89. The SMILES string of the molecule is CC.O=[SH](=O)C(F)(F)F. The highest BCUT2D eigenvalue weighted by molar-refractivity contribution is 7.73. The Kier molecular flexibility index (Phi) is 5.89. The van der Waals surface area contributed by atoms with Gasteiger partial charge in [-0.15, -0.1) is 0 Å². The summed E-state index contributed by atoms with van der Waals surface area (Å²) in [4.78, 5) is 0. The molecule has 0 aliphatic carbocycles. The first kappa shape index (κ1) is 11.5. The molecule has 2 nitrogen and oxygen atoms in total. The van der Waals surface area contributed by atoms with Gasteiger partial charge in [-0.05, 0) is 0 Å². The molecule has 0 aliphatic heterocycles. The number of alkyl halides is 3. The van der Waals surface area contributed by atoms with Crippen LogP contribution in [-0.2, 0) is 10.7 Å². The fraction of sp³-hybridized carbons (Fsp3) is 1.00. The maximum Gasteiger partial charge on any atom is 0.494 e. The summed E-state index contributed by atoms with van der Waals surface area (Å²) in [6, 6.07) is 0. The molecule has 0 radical (unpaired) electrons. The molecule has 0 saturated carbocycles. The predicted molar refractivity (Wildman–Crippen MR) is 27.7 cm³/mol. The number of rotatable bonds is 0. The van der Waals surface area contributed by atoms with E-state index in [2.05, 4.69) is 0 Å². The van der Waals surface area contributed by atoms with Gasteiger partial charge in [-0.25, -0.2) is 8.42 Å². The average molecular weight is 164 g/mol. The van der Waals surface area contributed by atoms with Gasteiger partial charge >= 0.3 is 5.51 Å². The molecule has 0 N–H and O–H groups in total. The van der Waals surface area contributed by atoms with E-state index in [0.29, 0.717) is 0 Å². The fourth-order valence-corrected chi connectivity index (χ4v) is 0. The van der Waals surface area contributed by atoms with Gasteiger partial charge in [0.15, 0.2) is 0 Å². The average Bonchev–Trinajstić information content (AvgIpc) is 1.69. The zero-order valence-electron chi connectivity index (χ0n) is 4.90. The van der Waals surface area contributed by atoms with Gasteiger partial charge in [-0.1, -0.05) is 13.8 Å². The highest BCUT2D eigenvalue weighted by Crippen LogP contribution is 2.13. The second kappa shape index (κ2) is 4.60. The van der Waals surface area contributed by atoms with Crippen LogP contribution in [0.1, 0.15) is 13.8 Å².